The molecule has 4 nitrogen and oxygen atoms in total. The Morgan fingerprint density at radius 3 is 2.95 bits per heavy atom. The van der Waals surface area contributed by atoms with Gasteiger partial charge in [-0.15, -0.1) is 0 Å². The molecule has 1 unspecified atom stereocenters. The molecule has 0 saturated heterocycles. The largest absolute Gasteiger partial charge is 0.481 e. The van der Waals surface area contributed by atoms with Crippen molar-refractivity contribution in [2.24, 2.45) is 0 Å². The molecule has 20 heavy (non-hydrogen) atoms. The van der Waals surface area contributed by atoms with Crippen molar-refractivity contribution in [3.63, 3.8) is 0 Å². The Morgan fingerprint density at radius 1 is 1.35 bits per heavy atom. The highest BCUT2D eigenvalue weighted by atomic mass is 16.4. The Balaban J connectivity index is 1.84. The summed E-state index contributed by atoms with van der Waals surface area (Å²) in [5.41, 5.74) is 2.50. The molecule has 1 aliphatic heterocycles. The molecule has 1 aromatic heterocycles. The van der Waals surface area contributed by atoms with Gasteiger partial charge in [0.1, 0.15) is 5.76 Å². The lowest BCUT2D eigenvalue weighted by Gasteiger charge is -2.21. The van der Waals surface area contributed by atoms with Crippen molar-refractivity contribution in [1.29, 1.82) is 0 Å². The molecule has 0 saturated carbocycles. The SMILES string of the molecule is CC1Cc2ccccc2N1c1ccc(CCC(=O)O)o1. The van der Waals surface area contributed by atoms with E-state index in [0.29, 0.717) is 12.5 Å². The van der Waals surface area contributed by atoms with Crippen molar-refractivity contribution in [3.8, 4) is 0 Å². The van der Waals surface area contributed by atoms with Crippen LogP contribution in [0.3, 0.4) is 0 Å². The van der Waals surface area contributed by atoms with Crippen LogP contribution in [0.2, 0.25) is 0 Å². The average molecular weight is 271 g/mol. The molecule has 1 N–H and O–H groups in total. The van der Waals surface area contributed by atoms with Gasteiger partial charge in [0, 0.05) is 24.2 Å². The summed E-state index contributed by atoms with van der Waals surface area (Å²) in [4.78, 5) is 12.8. The molecule has 2 aromatic rings. The minimum absolute atomic E-state index is 0.0963. The van der Waals surface area contributed by atoms with Crippen molar-refractivity contribution < 1.29 is 14.3 Å². The molecule has 0 radical (unpaired) electrons. The minimum atomic E-state index is -0.803. The number of rotatable bonds is 4. The van der Waals surface area contributed by atoms with Crippen LogP contribution in [-0.4, -0.2) is 17.1 Å². The van der Waals surface area contributed by atoms with Gasteiger partial charge in [0.15, 0.2) is 5.88 Å². The number of carbonyl (C=O) groups is 1. The van der Waals surface area contributed by atoms with Gasteiger partial charge in [-0.2, -0.15) is 0 Å². The van der Waals surface area contributed by atoms with Crippen LogP contribution in [0.15, 0.2) is 40.8 Å². The number of hydrogen-bond donors (Lipinski definition) is 1. The maximum absolute atomic E-state index is 10.6. The highest BCUT2D eigenvalue weighted by Gasteiger charge is 2.28. The van der Waals surface area contributed by atoms with E-state index in [-0.39, 0.29) is 6.42 Å². The summed E-state index contributed by atoms with van der Waals surface area (Å²) in [7, 11) is 0. The zero-order chi connectivity index (χ0) is 14.1. The number of para-hydroxylation sites is 1. The standard InChI is InChI=1S/C16H17NO3/c1-11-10-12-4-2-3-5-14(12)17(11)15-8-6-13(20-15)7-9-16(18)19/h2-6,8,11H,7,9-10H2,1H3,(H,18,19). The first-order chi connectivity index (χ1) is 9.65. The maximum atomic E-state index is 10.6. The van der Waals surface area contributed by atoms with Crippen LogP contribution in [0.5, 0.6) is 0 Å². The quantitative estimate of drug-likeness (QED) is 0.926. The number of hydrogen-bond acceptors (Lipinski definition) is 3. The fraction of sp³-hybridized carbons (Fsp3) is 0.312. The number of furan rings is 1. The first-order valence-corrected chi connectivity index (χ1v) is 6.83. The van der Waals surface area contributed by atoms with E-state index in [1.165, 1.54) is 11.3 Å². The van der Waals surface area contributed by atoms with Crippen molar-refractivity contribution in [2.45, 2.75) is 32.2 Å². The zero-order valence-electron chi connectivity index (χ0n) is 11.4. The lowest BCUT2D eigenvalue weighted by atomic mass is 10.1. The summed E-state index contributed by atoms with van der Waals surface area (Å²) in [6, 6.07) is 12.5. The molecule has 1 aromatic carbocycles. The third-order valence-electron chi connectivity index (χ3n) is 3.68. The Morgan fingerprint density at radius 2 is 2.15 bits per heavy atom. The molecule has 0 spiro atoms. The van der Waals surface area contributed by atoms with Crippen LogP contribution in [0.1, 0.15) is 24.7 Å². The van der Waals surface area contributed by atoms with Gasteiger partial charge in [0.05, 0.1) is 6.42 Å². The van der Waals surface area contributed by atoms with E-state index in [2.05, 4.69) is 30.0 Å². The number of benzene rings is 1. The molecule has 3 rings (SSSR count). The van der Waals surface area contributed by atoms with Crippen molar-refractivity contribution >= 4 is 17.5 Å². The first-order valence-electron chi connectivity index (χ1n) is 6.83. The summed E-state index contributed by atoms with van der Waals surface area (Å²) in [5, 5.41) is 8.71. The van der Waals surface area contributed by atoms with E-state index >= 15 is 0 Å². The second-order valence-corrected chi connectivity index (χ2v) is 5.19. The van der Waals surface area contributed by atoms with Gasteiger partial charge < -0.3 is 14.4 Å². The lowest BCUT2D eigenvalue weighted by Crippen LogP contribution is -2.23. The number of carboxylic acids is 1. The third-order valence-corrected chi connectivity index (χ3v) is 3.68. The number of nitrogens with zero attached hydrogens (tertiary/aromatic N) is 1. The highest BCUT2D eigenvalue weighted by Crippen LogP contribution is 2.38. The molecule has 0 bridgehead atoms. The van der Waals surface area contributed by atoms with Crippen LogP contribution in [0.25, 0.3) is 0 Å². The minimum Gasteiger partial charge on any atom is -0.481 e. The molecular weight excluding hydrogens is 254 g/mol. The predicted molar refractivity (Wildman–Crippen MR) is 76.4 cm³/mol. The van der Waals surface area contributed by atoms with Gasteiger partial charge in [-0.25, -0.2) is 0 Å². The summed E-state index contributed by atoms with van der Waals surface area (Å²) in [6.07, 6.45) is 1.53. The third kappa shape index (κ3) is 2.29. The van der Waals surface area contributed by atoms with Gasteiger partial charge in [-0.05, 0) is 31.0 Å². The fourth-order valence-electron chi connectivity index (χ4n) is 2.76. The Kier molecular flexibility index (Phi) is 3.22. The van der Waals surface area contributed by atoms with Crippen LogP contribution in [0, 0.1) is 0 Å². The van der Waals surface area contributed by atoms with E-state index in [4.69, 9.17) is 9.52 Å². The van der Waals surface area contributed by atoms with E-state index in [9.17, 15) is 4.79 Å². The fourth-order valence-corrected chi connectivity index (χ4v) is 2.76. The zero-order valence-corrected chi connectivity index (χ0v) is 11.4. The van der Waals surface area contributed by atoms with Gasteiger partial charge in [-0.3, -0.25) is 4.79 Å². The Bertz CT molecular complexity index is 632. The smallest absolute Gasteiger partial charge is 0.303 e. The molecule has 1 aliphatic rings. The number of aliphatic carboxylic acids is 1. The number of carboxylic acid groups (broad SMARTS) is 1. The summed E-state index contributed by atoms with van der Waals surface area (Å²) < 4.78 is 5.81. The van der Waals surface area contributed by atoms with Crippen LogP contribution >= 0.6 is 0 Å². The maximum Gasteiger partial charge on any atom is 0.303 e. The molecule has 1 atom stereocenters. The van der Waals surface area contributed by atoms with Crippen molar-refractivity contribution in [3.05, 3.63) is 47.7 Å². The van der Waals surface area contributed by atoms with Crippen LogP contribution in [-0.2, 0) is 17.6 Å². The van der Waals surface area contributed by atoms with Crippen molar-refractivity contribution in [1.82, 2.24) is 0 Å². The second kappa shape index (κ2) is 5.04. The average Bonchev–Trinajstić information content (AvgIpc) is 2.99. The van der Waals surface area contributed by atoms with Crippen molar-refractivity contribution in [2.75, 3.05) is 4.90 Å². The van der Waals surface area contributed by atoms with E-state index in [1.807, 2.05) is 18.2 Å². The molecule has 0 aliphatic carbocycles. The van der Waals surface area contributed by atoms with Crippen LogP contribution < -0.4 is 4.90 Å². The van der Waals surface area contributed by atoms with E-state index in [0.717, 1.165) is 18.1 Å². The monoisotopic (exact) mass is 271 g/mol. The summed E-state index contributed by atoms with van der Waals surface area (Å²) in [5.74, 6) is 0.713. The molecule has 4 heteroatoms. The van der Waals surface area contributed by atoms with Gasteiger partial charge in [-0.1, -0.05) is 18.2 Å². The first kappa shape index (κ1) is 12.8. The molecule has 0 amide bonds. The predicted octanol–water partition coefficient (Wildman–Crippen LogP) is 3.38. The molecular formula is C16H17NO3. The number of anilines is 2. The van der Waals surface area contributed by atoms with E-state index in [1.54, 1.807) is 0 Å². The molecule has 0 fully saturated rings. The topological polar surface area (TPSA) is 53.7 Å². The molecule has 2 heterocycles. The number of fused-ring (bicyclic) bond motifs is 1. The Hall–Kier alpha value is -2.23. The van der Waals surface area contributed by atoms with Crippen LogP contribution in [0.4, 0.5) is 11.6 Å². The molecule has 104 valence electrons. The lowest BCUT2D eigenvalue weighted by molar-refractivity contribution is -0.137. The van der Waals surface area contributed by atoms with Gasteiger partial charge in [0.25, 0.3) is 0 Å². The normalized spacial score (nSPS) is 17.2. The van der Waals surface area contributed by atoms with E-state index < -0.39 is 5.97 Å². The van der Waals surface area contributed by atoms with Gasteiger partial charge in [0.2, 0.25) is 0 Å². The van der Waals surface area contributed by atoms with Gasteiger partial charge >= 0.3 is 5.97 Å². The second-order valence-electron chi connectivity index (χ2n) is 5.19. The summed E-state index contributed by atoms with van der Waals surface area (Å²) >= 11 is 0. The number of aryl methyl sites for hydroxylation is 1. The summed E-state index contributed by atoms with van der Waals surface area (Å²) in [6.45, 7) is 2.17. The highest BCUT2D eigenvalue weighted by molar-refractivity contribution is 5.68. The Labute approximate surface area is 117 Å².